The number of hydrogen-bond donors (Lipinski definition) is 1. The molecule has 1 aromatic heterocycles. The highest BCUT2D eigenvalue weighted by Crippen LogP contribution is 2.26. The summed E-state index contributed by atoms with van der Waals surface area (Å²) in [6.45, 7) is 8.96. The van der Waals surface area contributed by atoms with Crippen molar-refractivity contribution in [3.63, 3.8) is 0 Å². The van der Waals surface area contributed by atoms with Crippen LogP contribution in [-0.4, -0.2) is 40.5 Å². The second kappa shape index (κ2) is 6.47. The third-order valence-corrected chi connectivity index (χ3v) is 3.49. The molecule has 2 heterocycles. The van der Waals surface area contributed by atoms with Crippen molar-refractivity contribution in [2.24, 2.45) is 0 Å². The van der Waals surface area contributed by atoms with Gasteiger partial charge in [-0.1, -0.05) is 0 Å². The van der Waals surface area contributed by atoms with E-state index in [1.54, 1.807) is 0 Å². The number of amides is 1. The molecule has 1 fully saturated rings. The van der Waals surface area contributed by atoms with Crippen LogP contribution in [0.3, 0.4) is 0 Å². The molecule has 1 aromatic rings. The molecule has 0 aliphatic carbocycles. The number of nitrogens with zero attached hydrogens (tertiary/aromatic N) is 2. The summed E-state index contributed by atoms with van der Waals surface area (Å²) < 4.78 is 13.0. The first-order valence-corrected chi connectivity index (χ1v) is 7.46. The second-order valence-corrected chi connectivity index (χ2v) is 6.40. The first kappa shape index (κ1) is 15.8. The maximum Gasteiger partial charge on any atom is 0.407 e. The van der Waals surface area contributed by atoms with Crippen LogP contribution in [0.15, 0.2) is 12.5 Å². The van der Waals surface area contributed by atoms with Crippen molar-refractivity contribution < 1.29 is 14.3 Å². The molecule has 2 rings (SSSR count). The van der Waals surface area contributed by atoms with Gasteiger partial charge in [0.1, 0.15) is 5.60 Å². The lowest BCUT2D eigenvalue weighted by atomic mass is 10.1. The van der Waals surface area contributed by atoms with Gasteiger partial charge in [0, 0.05) is 31.5 Å². The molecule has 0 bridgehead atoms. The largest absolute Gasteiger partial charge is 0.444 e. The number of nitrogens with one attached hydrogen (secondary N) is 1. The molecule has 1 saturated heterocycles. The summed E-state index contributed by atoms with van der Waals surface area (Å²) in [4.78, 5) is 15.8. The van der Waals surface area contributed by atoms with Crippen LogP contribution in [0.1, 0.15) is 45.9 Å². The first-order valence-electron chi connectivity index (χ1n) is 7.46. The van der Waals surface area contributed by atoms with Gasteiger partial charge in [-0.05, 0) is 34.1 Å². The Labute approximate surface area is 125 Å². The van der Waals surface area contributed by atoms with Crippen LogP contribution in [0, 0.1) is 0 Å². The molecule has 2 atom stereocenters. The number of alkyl carbamates (subject to hydrolysis) is 1. The molecule has 1 N–H and O–H groups in total. The van der Waals surface area contributed by atoms with Gasteiger partial charge < -0.3 is 19.4 Å². The van der Waals surface area contributed by atoms with Crippen LogP contribution in [0.4, 0.5) is 4.79 Å². The maximum atomic E-state index is 11.6. The van der Waals surface area contributed by atoms with E-state index in [2.05, 4.69) is 21.8 Å². The molecule has 0 spiro atoms. The van der Waals surface area contributed by atoms with Crippen LogP contribution in [0.5, 0.6) is 0 Å². The van der Waals surface area contributed by atoms with Gasteiger partial charge in [0.2, 0.25) is 0 Å². The lowest BCUT2D eigenvalue weighted by molar-refractivity contribution is 0.0528. The van der Waals surface area contributed by atoms with Crippen molar-refractivity contribution in [1.82, 2.24) is 14.9 Å². The van der Waals surface area contributed by atoms with Gasteiger partial charge in [-0.3, -0.25) is 0 Å². The summed E-state index contributed by atoms with van der Waals surface area (Å²) in [5, 5.41) is 2.77. The van der Waals surface area contributed by atoms with Crippen LogP contribution in [0.2, 0.25) is 0 Å². The third kappa shape index (κ3) is 4.46. The second-order valence-electron chi connectivity index (χ2n) is 6.40. The molecule has 6 nitrogen and oxygen atoms in total. The van der Waals surface area contributed by atoms with E-state index in [9.17, 15) is 4.79 Å². The van der Waals surface area contributed by atoms with Gasteiger partial charge in [0.05, 0.1) is 18.5 Å². The van der Waals surface area contributed by atoms with Crippen molar-refractivity contribution >= 4 is 6.09 Å². The van der Waals surface area contributed by atoms with Crippen molar-refractivity contribution in [3.05, 3.63) is 18.2 Å². The SMILES string of the molecule is CC1OCCC1n1cncc1CCNC(=O)OC(C)(C)C. The standard InChI is InChI=1S/C15H25N3O3/c1-11-13(6-8-20-11)18-10-16-9-12(18)5-7-17-14(19)21-15(2,3)4/h9-11,13H,5-8H2,1-4H3,(H,17,19). The van der Waals surface area contributed by atoms with E-state index < -0.39 is 5.60 Å². The average molecular weight is 295 g/mol. The zero-order valence-electron chi connectivity index (χ0n) is 13.3. The fraction of sp³-hybridized carbons (Fsp3) is 0.733. The minimum absolute atomic E-state index is 0.205. The molecule has 6 heteroatoms. The number of carbonyl (C=O) groups is 1. The van der Waals surface area contributed by atoms with Crippen molar-refractivity contribution in [2.45, 2.75) is 58.3 Å². The zero-order chi connectivity index (χ0) is 15.5. The van der Waals surface area contributed by atoms with Gasteiger partial charge in [0.15, 0.2) is 0 Å². The van der Waals surface area contributed by atoms with E-state index in [-0.39, 0.29) is 12.2 Å². The number of imidazole rings is 1. The molecule has 0 aromatic carbocycles. The van der Waals surface area contributed by atoms with Gasteiger partial charge in [-0.15, -0.1) is 0 Å². The van der Waals surface area contributed by atoms with E-state index >= 15 is 0 Å². The third-order valence-electron chi connectivity index (χ3n) is 3.49. The van der Waals surface area contributed by atoms with Gasteiger partial charge in [-0.25, -0.2) is 9.78 Å². The van der Waals surface area contributed by atoms with Crippen molar-refractivity contribution in [1.29, 1.82) is 0 Å². The number of aromatic nitrogens is 2. The van der Waals surface area contributed by atoms with Gasteiger partial charge in [0.25, 0.3) is 0 Å². The lowest BCUT2D eigenvalue weighted by Gasteiger charge is -2.20. The van der Waals surface area contributed by atoms with Crippen LogP contribution >= 0.6 is 0 Å². The normalized spacial score (nSPS) is 22.3. The Kier molecular flexibility index (Phi) is 4.88. The molecule has 1 aliphatic rings. The van der Waals surface area contributed by atoms with Crippen LogP contribution < -0.4 is 5.32 Å². The number of carbonyl (C=O) groups excluding carboxylic acids is 1. The van der Waals surface area contributed by atoms with Gasteiger partial charge in [-0.2, -0.15) is 0 Å². The first-order chi connectivity index (χ1) is 9.87. The number of ether oxygens (including phenoxy) is 2. The Morgan fingerprint density at radius 1 is 1.57 bits per heavy atom. The van der Waals surface area contributed by atoms with Crippen molar-refractivity contribution in [2.75, 3.05) is 13.2 Å². The predicted octanol–water partition coefficient (Wildman–Crippen LogP) is 2.30. The molecule has 118 valence electrons. The Morgan fingerprint density at radius 3 is 2.95 bits per heavy atom. The minimum Gasteiger partial charge on any atom is -0.444 e. The summed E-state index contributed by atoms with van der Waals surface area (Å²) in [5.41, 5.74) is 0.635. The molecule has 1 amide bonds. The quantitative estimate of drug-likeness (QED) is 0.925. The van der Waals surface area contributed by atoms with Crippen LogP contribution in [-0.2, 0) is 15.9 Å². The Balaban J connectivity index is 1.84. The number of rotatable bonds is 4. The van der Waals surface area contributed by atoms with E-state index in [4.69, 9.17) is 9.47 Å². The molecular weight excluding hydrogens is 270 g/mol. The molecule has 2 unspecified atom stereocenters. The Morgan fingerprint density at radius 2 is 2.33 bits per heavy atom. The van der Waals surface area contributed by atoms with E-state index in [1.807, 2.05) is 33.3 Å². The molecule has 21 heavy (non-hydrogen) atoms. The maximum absolute atomic E-state index is 11.6. The molecule has 0 saturated carbocycles. The minimum atomic E-state index is -0.470. The van der Waals surface area contributed by atoms with E-state index in [1.165, 1.54) is 0 Å². The summed E-state index contributed by atoms with van der Waals surface area (Å²) in [6.07, 6.45) is 5.25. The fourth-order valence-corrected chi connectivity index (χ4v) is 2.52. The highest BCUT2D eigenvalue weighted by Gasteiger charge is 2.27. The monoisotopic (exact) mass is 295 g/mol. The smallest absolute Gasteiger partial charge is 0.407 e. The predicted molar refractivity (Wildman–Crippen MR) is 79.2 cm³/mol. The molecule has 0 radical (unpaired) electrons. The fourth-order valence-electron chi connectivity index (χ4n) is 2.52. The van der Waals surface area contributed by atoms with Gasteiger partial charge >= 0.3 is 6.09 Å². The molecular formula is C15H25N3O3. The highest BCUT2D eigenvalue weighted by molar-refractivity contribution is 5.67. The Bertz CT molecular complexity index is 479. The van der Waals surface area contributed by atoms with Crippen LogP contribution in [0.25, 0.3) is 0 Å². The number of hydrogen-bond acceptors (Lipinski definition) is 4. The van der Waals surface area contributed by atoms with E-state index in [0.29, 0.717) is 12.6 Å². The summed E-state index contributed by atoms with van der Waals surface area (Å²) >= 11 is 0. The summed E-state index contributed by atoms with van der Waals surface area (Å²) in [6, 6.07) is 0.337. The highest BCUT2D eigenvalue weighted by atomic mass is 16.6. The van der Waals surface area contributed by atoms with Crippen molar-refractivity contribution in [3.8, 4) is 0 Å². The summed E-state index contributed by atoms with van der Waals surface area (Å²) in [7, 11) is 0. The average Bonchev–Trinajstić information content (AvgIpc) is 2.95. The summed E-state index contributed by atoms with van der Waals surface area (Å²) in [5.74, 6) is 0. The van der Waals surface area contributed by atoms with E-state index in [0.717, 1.165) is 25.1 Å². The lowest BCUT2D eigenvalue weighted by Crippen LogP contribution is -2.33. The molecule has 1 aliphatic heterocycles. The topological polar surface area (TPSA) is 65.4 Å². The Hall–Kier alpha value is -1.56. The zero-order valence-corrected chi connectivity index (χ0v) is 13.3.